The van der Waals surface area contributed by atoms with Crippen LogP contribution in [0.1, 0.15) is 25.3 Å². The Bertz CT molecular complexity index is 251. The van der Waals surface area contributed by atoms with E-state index < -0.39 is 0 Å². The molecule has 0 bridgehead atoms. The Hall–Kier alpha value is -0.930. The maximum absolute atomic E-state index is 5.45. The van der Waals surface area contributed by atoms with Gasteiger partial charge in [-0.1, -0.05) is 19.4 Å². The van der Waals surface area contributed by atoms with E-state index >= 15 is 0 Å². The molecule has 0 radical (unpaired) electrons. The molecule has 0 aliphatic rings. The van der Waals surface area contributed by atoms with E-state index in [4.69, 9.17) is 4.74 Å². The number of pyridine rings is 1. The van der Waals surface area contributed by atoms with E-state index in [9.17, 15) is 0 Å². The quantitative estimate of drug-likeness (QED) is 0.649. The molecule has 90 valence electrons. The van der Waals surface area contributed by atoms with Crippen LogP contribution in [0.2, 0.25) is 0 Å². The van der Waals surface area contributed by atoms with E-state index in [2.05, 4.69) is 23.3 Å². The van der Waals surface area contributed by atoms with Crippen LogP contribution in [-0.4, -0.2) is 31.3 Å². The van der Waals surface area contributed by atoms with Crippen molar-refractivity contribution >= 4 is 0 Å². The topological polar surface area (TPSA) is 34.1 Å². The van der Waals surface area contributed by atoms with Gasteiger partial charge in [-0.3, -0.25) is 4.98 Å². The van der Waals surface area contributed by atoms with E-state index in [-0.39, 0.29) is 0 Å². The molecule has 0 saturated carbocycles. The Morgan fingerprint density at radius 2 is 2.25 bits per heavy atom. The van der Waals surface area contributed by atoms with Crippen LogP contribution < -0.4 is 5.32 Å². The van der Waals surface area contributed by atoms with Gasteiger partial charge in [0.05, 0.1) is 6.61 Å². The summed E-state index contributed by atoms with van der Waals surface area (Å²) < 4.78 is 5.45. The second-order valence-corrected chi connectivity index (χ2v) is 3.83. The Kier molecular flexibility index (Phi) is 7.64. The van der Waals surface area contributed by atoms with Gasteiger partial charge in [-0.25, -0.2) is 0 Å². The number of hydrogen-bond acceptors (Lipinski definition) is 3. The third-order valence-corrected chi connectivity index (χ3v) is 2.38. The number of hydrogen-bond donors (Lipinski definition) is 1. The first-order chi connectivity index (χ1) is 7.93. The van der Waals surface area contributed by atoms with Crippen molar-refractivity contribution < 1.29 is 4.74 Å². The molecule has 16 heavy (non-hydrogen) atoms. The predicted octanol–water partition coefficient (Wildman–Crippen LogP) is 2.03. The molecule has 1 aromatic rings. The molecule has 0 saturated heterocycles. The van der Waals surface area contributed by atoms with Crippen molar-refractivity contribution in [2.24, 2.45) is 0 Å². The minimum absolute atomic E-state index is 0.813. The first-order valence-electron chi connectivity index (χ1n) is 6.11. The molecular weight excluding hydrogens is 200 g/mol. The Morgan fingerprint density at radius 1 is 1.31 bits per heavy atom. The monoisotopic (exact) mass is 222 g/mol. The van der Waals surface area contributed by atoms with Crippen LogP contribution in [-0.2, 0) is 11.2 Å². The SMILES string of the molecule is CCCCOCCNCCc1cccnc1. The van der Waals surface area contributed by atoms with Crippen LogP contribution in [0.3, 0.4) is 0 Å². The highest BCUT2D eigenvalue weighted by Gasteiger charge is 1.92. The van der Waals surface area contributed by atoms with Crippen molar-refractivity contribution in [3.63, 3.8) is 0 Å². The highest BCUT2D eigenvalue weighted by Crippen LogP contribution is 1.95. The second-order valence-electron chi connectivity index (χ2n) is 3.83. The van der Waals surface area contributed by atoms with Gasteiger partial charge in [0.2, 0.25) is 0 Å². The van der Waals surface area contributed by atoms with Crippen LogP contribution in [0.5, 0.6) is 0 Å². The van der Waals surface area contributed by atoms with Gasteiger partial charge in [-0.15, -0.1) is 0 Å². The minimum atomic E-state index is 0.813. The normalized spacial score (nSPS) is 10.6. The standard InChI is InChI=1S/C13H22N2O/c1-2-3-10-16-11-9-14-8-6-13-5-4-7-15-12-13/h4-5,7,12,14H,2-3,6,8-11H2,1H3. The maximum Gasteiger partial charge on any atom is 0.0590 e. The maximum atomic E-state index is 5.45. The summed E-state index contributed by atoms with van der Waals surface area (Å²) in [5.41, 5.74) is 1.28. The summed E-state index contributed by atoms with van der Waals surface area (Å²) in [4.78, 5) is 4.08. The number of rotatable bonds is 9. The first kappa shape index (κ1) is 13.1. The third-order valence-electron chi connectivity index (χ3n) is 2.38. The summed E-state index contributed by atoms with van der Waals surface area (Å²) in [5.74, 6) is 0. The van der Waals surface area contributed by atoms with Gasteiger partial charge in [0, 0.05) is 25.5 Å². The molecule has 0 fully saturated rings. The van der Waals surface area contributed by atoms with Crippen molar-refractivity contribution in [3.8, 4) is 0 Å². The Balaban J connectivity index is 1.89. The highest BCUT2D eigenvalue weighted by atomic mass is 16.5. The van der Waals surface area contributed by atoms with Gasteiger partial charge < -0.3 is 10.1 Å². The molecule has 3 nitrogen and oxygen atoms in total. The zero-order chi connectivity index (χ0) is 11.5. The molecule has 0 aliphatic carbocycles. The van der Waals surface area contributed by atoms with Crippen molar-refractivity contribution in [1.82, 2.24) is 10.3 Å². The fraction of sp³-hybridized carbons (Fsp3) is 0.615. The van der Waals surface area contributed by atoms with E-state index in [1.54, 1.807) is 6.20 Å². The lowest BCUT2D eigenvalue weighted by Crippen LogP contribution is -2.22. The van der Waals surface area contributed by atoms with E-state index in [0.29, 0.717) is 0 Å². The molecule has 0 spiro atoms. The van der Waals surface area contributed by atoms with Crippen molar-refractivity contribution in [3.05, 3.63) is 30.1 Å². The first-order valence-corrected chi connectivity index (χ1v) is 6.11. The zero-order valence-electron chi connectivity index (χ0n) is 10.1. The summed E-state index contributed by atoms with van der Waals surface area (Å²) in [7, 11) is 0. The smallest absolute Gasteiger partial charge is 0.0590 e. The van der Waals surface area contributed by atoms with Crippen molar-refractivity contribution in [2.45, 2.75) is 26.2 Å². The average molecular weight is 222 g/mol. The summed E-state index contributed by atoms with van der Waals surface area (Å²) >= 11 is 0. The molecular formula is C13H22N2O. The summed E-state index contributed by atoms with van der Waals surface area (Å²) in [6.07, 6.45) is 7.12. The fourth-order valence-electron chi connectivity index (χ4n) is 1.40. The molecule has 0 aliphatic heterocycles. The van der Waals surface area contributed by atoms with Crippen LogP contribution >= 0.6 is 0 Å². The van der Waals surface area contributed by atoms with E-state index in [0.717, 1.165) is 39.1 Å². The molecule has 1 aromatic heterocycles. The Labute approximate surface area is 98.2 Å². The molecule has 1 N–H and O–H groups in total. The molecule has 0 aromatic carbocycles. The molecule has 0 atom stereocenters. The van der Waals surface area contributed by atoms with Gasteiger partial charge in [0.1, 0.15) is 0 Å². The van der Waals surface area contributed by atoms with Gasteiger partial charge in [-0.05, 0) is 31.0 Å². The lowest BCUT2D eigenvalue weighted by molar-refractivity contribution is 0.133. The highest BCUT2D eigenvalue weighted by molar-refractivity contribution is 5.08. The van der Waals surface area contributed by atoms with Crippen LogP contribution in [0, 0.1) is 0 Å². The van der Waals surface area contributed by atoms with Gasteiger partial charge in [0.25, 0.3) is 0 Å². The number of ether oxygens (including phenoxy) is 1. The summed E-state index contributed by atoms with van der Waals surface area (Å²) in [6.45, 7) is 5.80. The molecule has 1 heterocycles. The van der Waals surface area contributed by atoms with Crippen LogP contribution in [0.4, 0.5) is 0 Å². The minimum Gasteiger partial charge on any atom is -0.380 e. The van der Waals surface area contributed by atoms with Gasteiger partial charge in [0.15, 0.2) is 0 Å². The van der Waals surface area contributed by atoms with E-state index in [1.165, 1.54) is 12.0 Å². The molecule has 0 unspecified atom stereocenters. The lowest BCUT2D eigenvalue weighted by atomic mass is 10.2. The van der Waals surface area contributed by atoms with Crippen LogP contribution in [0.15, 0.2) is 24.5 Å². The molecule has 1 rings (SSSR count). The lowest BCUT2D eigenvalue weighted by Gasteiger charge is -2.05. The predicted molar refractivity (Wildman–Crippen MR) is 66.5 cm³/mol. The zero-order valence-corrected chi connectivity index (χ0v) is 10.1. The van der Waals surface area contributed by atoms with E-state index in [1.807, 2.05) is 12.3 Å². The largest absolute Gasteiger partial charge is 0.380 e. The summed E-state index contributed by atoms with van der Waals surface area (Å²) in [5, 5.41) is 3.36. The average Bonchev–Trinajstić information content (AvgIpc) is 2.34. The number of aromatic nitrogens is 1. The molecule has 3 heteroatoms. The van der Waals surface area contributed by atoms with Gasteiger partial charge in [-0.2, -0.15) is 0 Å². The van der Waals surface area contributed by atoms with Crippen molar-refractivity contribution in [1.29, 1.82) is 0 Å². The fourth-order valence-corrected chi connectivity index (χ4v) is 1.40. The second kappa shape index (κ2) is 9.31. The third kappa shape index (κ3) is 6.53. The van der Waals surface area contributed by atoms with Crippen LogP contribution in [0.25, 0.3) is 0 Å². The number of nitrogens with zero attached hydrogens (tertiary/aromatic N) is 1. The Morgan fingerprint density at radius 3 is 3.00 bits per heavy atom. The molecule has 0 amide bonds. The van der Waals surface area contributed by atoms with Crippen molar-refractivity contribution in [2.75, 3.05) is 26.3 Å². The number of unbranched alkanes of at least 4 members (excludes halogenated alkanes) is 1. The van der Waals surface area contributed by atoms with Gasteiger partial charge >= 0.3 is 0 Å². The summed E-state index contributed by atoms with van der Waals surface area (Å²) in [6, 6.07) is 4.08. The number of nitrogens with one attached hydrogen (secondary N) is 1.